The van der Waals surface area contributed by atoms with Crippen molar-refractivity contribution >= 4 is 0 Å². The van der Waals surface area contributed by atoms with Crippen LogP contribution in [0, 0.1) is 5.92 Å². The Morgan fingerprint density at radius 1 is 1.27 bits per heavy atom. The number of rotatable bonds is 6. The number of nitrogens with one attached hydrogen (secondary N) is 1. The van der Waals surface area contributed by atoms with Crippen LogP contribution in [0.25, 0.3) is 0 Å². The van der Waals surface area contributed by atoms with Crippen molar-refractivity contribution in [1.82, 2.24) is 5.32 Å². The van der Waals surface area contributed by atoms with Gasteiger partial charge in [-0.2, -0.15) is 0 Å². The monoisotopic (exact) mass is 213 g/mol. The van der Waals surface area contributed by atoms with Gasteiger partial charge >= 0.3 is 0 Å². The number of aliphatic hydroxyl groups is 1. The summed E-state index contributed by atoms with van der Waals surface area (Å²) in [6, 6.07) is 0.549. The first kappa shape index (κ1) is 13.0. The predicted molar refractivity (Wildman–Crippen MR) is 65.0 cm³/mol. The zero-order chi connectivity index (χ0) is 11.1. The summed E-state index contributed by atoms with van der Waals surface area (Å²) in [5.41, 5.74) is 0. The van der Waals surface area contributed by atoms with E-state index in [-0.39, 0.29) is 6.10 Å². The Kier molecular flexibility index (Phi) is 6.26. The van der Waals surface area contributed by atoms with Gasteiger partial charge in [0.05, 0.1) is 6.10 Å². The lowest BCUT2D eigenvalue weighted by Gasteiger charge is -2.27. The summed E-state index contributed by atoms with van der Waals surface area (Å²) in [5.74, 6) is 0.556. The molecule has 0 aliphatic heterocycles. The molecule has 90 valence electrons. The third-order valence-corrected chi connectivity index (χ3v) is 3.59. The lowest BCUT2D eigenvalue weighted by Crippen LogP contribution is -2.38. The fourth-order valence-electron chi connectivity index (χ4n) is 2.54. The summed E-state index contributed by atoms with van der Waals surface area (Å²) >= 11 is 0. The van der Waals surface area contributed by atoms with E-state index in [0.717, 1.165) is 6.54 Å². The molecule has 1 rings (SSSR count). The summed E-state index contributed by atoms with van der Waals surface area (Å²) in [6.45, 7) is 5.19. The van der Waals surface area contributed by atoms with Gasteiger partial charge in [-0.1, -0.05) is 32.6 Å². The van der Waals surface area contributed by atoms with Gasteiger partial charge < -0.3 is 10.4 Å². The van der Waals surface area contributed by atoms with Crippen molar-refractivity contribution in [2.45, 2.75) is 70.9 Å². The molecule has 0 aromatic heterocycles. The van der Waals surface area contributed by atoms with Crippen LogP contribution < -0.4 is 5.32 Å². The van der Waals surface area contributed by atoms with Crippen molar-refractivity contribution < 1.29 is 5.11 Å². The molecule has 15 heavy (non-hydrogen) atoms. The second kappa shape index (κ2) is 7.24. The van der Waals surface area contributed by atoms with E-state index < -0.39 is 0 Å². The zero-order valence-corrected chi connectivity index (χ0v) is 10.3. The van der Waals surface area contributed by atoms with Gasteiger partial charge in [0.2, 0.25) is 0 Å². The molecule has 2 atom stereocenters. The van der Waals surface area contributed by atoms with Gasteiger partial charge in [-0.25, -0.2) is 0 Å². The maximum absolute atomic E-state index is 10.0. The van der Waals surface area contributed by atoms with Gasteiger partial charge in [0, 0.05) is 12.6 Å². The van der Waals surface area contributed by atoms with E-state index in [1.165, 1.54) is 44.9 Å². The van der Waals surface area contributed by atoms with Crippen LogP contribution in [0.4, 0.5) is 0 Å². The normalized spacial score (nSPS) is 22.6. The Labute approximate surface area is 94.5 Å². The van der Waals surface area contributed by atoms with Gasteiger partial charge in [0.1, 0.15) is 0 Å². The van der Waals surface area contributed by atoms with E-state index in [2.05, 4.69) is 19.2 Å². The average Bonchev–Trinajstić information content (AvgIpc) is 2.27. The standard InChI is InChI=1S/C13H27NO/c1-3-7-11(2)14-10-13(15)12-8-5-4-6-9-12/h11-15H,3-10H2,1-2H3. The summed E-state index contributed by atoms with van der Waals surface area (Å²) in [4.78, 5) is 0. The molecule has 0 aromatic carbocycles. The molecular weight excluding hydrogens is 186 g/mol. The first-order valence-electron chi connectivity index (χ1n) is 6.65. The minimum atomic E-state index is -0.121. The van der Waals surface area contributed by atoms with Crippen LogP contribution in [0.1, 0.15) is 58.8 Å². The van der Waals surface area contributed by atoms with E-state index in [1.54, 1.807) is 0 Å². The molecule has 1 saturated carbocycles. The molecule has 0 spiro atoms. The minimum Gasteiger partial charge on any atom is -0.392 e. The van der Waals surface area contributed by atoms with Crippen LogP contribution in [0.15, 0.2) is 0 Å². The Balaban J connectivity index is 2.13. The summed E-state index contributed by atoms with van der Waals surface area (Å²) in [6.07, 6.45) is 8.74. The lowest BCUT2D eigenvalue weighted by atomic mass is 9.85. The van der Waals surface area contributed by atoms with Crippen molar-refractivity contribution in [3.63, 3.8) is 0 Å². The third kappa shape index (κ3) is 4.98. The Morgan fingerprint density at radius 2 is 1.93 bits per heavy atom. The van der Waals surface area contributed by atoms with Crippen LogP contribution >= 0.6 is 0 Å². The van der Waals surface area contributed by atoms with Gasteiger partial charge in [0.25, 0.3) is 0 Å². The molecule has 0 bridgehead atoms. The van der Waals surface area contributed by atoms with Crippen molar-refractivity contribution in [1.29, 1.82) is 0 Å². The fraction of sp³-hybridized carbons (Fsp3) is 1.00. The average molecular weight is 213 g/mol. The molecule has 0 saturated heterocycles. The molecule has 2 unspecified atom stereocenters. The highest BCUT2D eigenvalue weighted by Crippen LogP contribution is 2.26. The lowest BCUT2D eigenvalue weighted by molar-refractivity contribution is 0.0816. The molecule has 0 radical (unpaired) electrons. The van der Waals surface area contributed by atoms with Crippen LogP contribution in [-0.4, -0.2) is 23.8 Å². The topological polar surface area (TPSA) is 32.3 Å². The van der Waals surface area contributed by atoms with Gasteiger partial charge in [-0.3, -0.25) is 0 Å². The molecule has 2 nitrogen and oxygen atoms in total. The molecule has 0 aromatic rings. The Hall–Kier alpha value is -0.0800. The minimum absolute atomic E-state index is 0.121. The van der Waals surface area contributed by atoms with Crippen molar-refractivity contribution in [3.8, 4) is 0 Å². The number of aliphatic hydroxyl groups excluding tert-OH is 1. The largest absolute Gasteiger partial charge is 0.392 e. The van der Waals surface area contributed by atoms with Gasteiger partial charge in [-0.05, 0) is 32.1 Å². The van der Waals surface area contributed by atoms with E-state index >= 15 is 0 Å². The molecule has 0 amide bonds. The van der Waals surface area contributed by atoms with E-state index in [9.17, 15) is 5.11 Å². The van der Waals surface area contributed by atoms with Crippen LogP contribution in [-0.2, 0) is 0 Å². The van der Waals surface area contributed by atoms with Crippen molar-refractivity contribution in [2.24, 2.45) is 5.92 Å². The second-order valence-corrected chi connectivity index (χ2v) is 5.06. The zero-order valence-electron chi connectivity index (χ0n) is 10.3. The first-order valence-corrected chi connectivity index (χ1v) is 6.65. The van der Waals surface area contributed by atoms with E-state index in [0.29, 0.717) is 12.0 Å². The van der Waals surface area contributed by atoms with Gasteiger partial charge in [0.15, 0.2) is 0 Å². The second-order valence-electron chi connectivity index (χ2n) is 5.06. The molecule has 2 N–H and O–H groups in total. The molecular formula is C13H27NO. The summed E-state index contributed by atoms with van der Waals surface area (Å²) < 4.78 is 0. The number of hydrogen-bond donors (Lipinski definition) is 2. The van der Waals surface area contributed by atoms with E-state index in [4.69, 9.17) is 0 Å². The fourth-order valence-corrected chi connectivity index (χ4v) is 2.54. The molecule has 1 aliphatic rings. The van der Waals surface area contributed by atoms with Crippen molar-refractivity contribution in [3.05, 3.63) is 0 Å². The van der Waals surface area contributed by atoms with Gasteiger partial charge in [-0.15, -0.1) is 0 Å². The Morgan fingerprint density at radius 3 is 2.53 bits per heavy atom. The molecule has 1 fully saturated rings. The highest BCUT2D eigenvalue weighted by atomic mass is 16.3. The molecule has 1 aliphatic carbocycles. The maximum atomic E-state index is 10.0. The third-order valence-electron chi connectivity index (χ3n) is 3.59. The highest BCUT2D eigenvalue weighted by molar-refractivity contribution is 4.75. The smallest absolute Gasteiger partial charge is 0.0692 e. The molecule has 0 heterocycles. The first-order chi connectivity index (χ1) is 7.24. The van der Waals surface area contributed by atoms with Crippen molar-refractivity contribution in [2.75, 3.05) is 6.54 Å². The highest BCUT2D eigenvalue weighted by Gasteiger charge is 2.21. The van der Waals surface area contributed by atoms with Crippen LogP contribution in [0.5, 0.6) is 0 Å². The number of hydrogen-bond acceptors (Lipinski definition) is 2. The molecule has 2 heteroatoms. The van der Waals surface area contributed by atoms with Crippen LogP contribution in [0.3, 0.4) is 0 Å². The Bertz CT molecular complexity index is 155. The van der Waals surface area contributed by atoms with E-state index in [1.807, 2.05) is 0 Å². The SMILES string of the molecule is CCCC(C)NCC(O)C1CCCCC1. The summed E-state index contributed by atoms with van der Waals surface area (Å²) in [7, 11) is 0. The summed E-state index contributed by atoms with van der Waals surface area (Å²) in [5, 5.41) is 13.5. The maximum Gasteiger partial charge on any atom is 0.0692 e. The van der Waals surface area contributed by atoms with Crippen LogP contribution in [0.2, 0.25) is 0 Å². The quantitative estimate of drug-likeness (QED) is 0.711. The predicted octanol–water partition coefficient (Wildman–Crippen LogP) is 2.71.